The maximum Gasteiger partial charge on any atom is 0.416 e. The lowest BCUT2D eigenvalue weighted by Crippen LogP contribution is -2.17. The number of nitrogens with zero attached hydrogens (tertiary/aromatic N) is 1. The first kappa shape index (κ1) is 18.3. The summed E-state index contributed by atoms with van der Waals surface area (Å²) in [5, 5.41) is 4.84. The molecule has 0 unspecified atom stereocenters. The van der Waals surface area contributed by atoms with Crippen molar-refractivity contribution in [3.63, 3.8) is 0 Å². The molecule has 2 aromatic carbocycles. The number of alkyl halides is 3. The average Bonchev–Trinajstić information content (AvgIpc) is 3.05. The maximum absolute atomic E-state index is 12.7. The molecular weight excluding hydrogens is 367 g/mol. The molecule has 1 aromatic heterocycles. The number of hydrogen-bond donors (Lipinski definition) is 2. The molecule has 7 heteroatoms. The summed E-state index contributed by atoms with van der Waals surface area (Å²) in [6, 6.07) is 10.2. The molecule has 28 heavy (non-hydrogen) atoms. The zero-order chi connectivity index (χ0) is 19.7. The number of aryl methyl sites for hydroxylation is 2. The monoisotopic (exact) mass is 385 g/mol. The summed E-state index contributed by atoms with van der Waals surface area (Å²) in [7, 11) is 0. The Hall–Kier alpha value is -3.09. The minimum Gasteiger partial charge on any atom is -0.358 e. The predicted molar refractivity (Wildman–Crippen MR) is 101 cm³/mol. The summed E-state index contributed by atoms with van der Waals surface area (Å²) >= 11 is 0. The molecule has 0 aliphatic heterocycles. The minimum atomic E-state index is -4.42. The van der Waals surface area contributed by atoms with E-state index in [2.05, 4.69) is 15.5 Å². The van der Waals surface area contributed by atoms with E-state index in [0.29, 0.717) is 5.56 Å². The van der Waals surface area contributed by atoms with Crippen LogP contribution in [0.2, 0.25) is 0 Å². The number of aromatic amines is 1. The number of hydrazone groups is 1. The van der Waals surface area contributed by atoms with Crippen LogP contribution in [0.5, 0.6) is 0 Å². The lowest BCUT2D eigenvalue weighted by molar-refractivity contribution is -0.137. The van der Waals surface area contributed by atoms with E-state index in [1.807, 2.05) is 12.1 Å². The first-order valence-corrected chi connectivity index (χ1v) is 9.06. The van der Waals surface area contributed by atoms with Crippen molar-refractivity contribution in [3.8, 4) is 0 Å². The fourth-order valence-electron chi connectivity index (χ4n) is 3.57. The molecule has 0 radical (unpaired) electrons. The van der Waals surface area contributed by atoms with Gasteiger partial charge >= 0.3 is 6.18 Å². The molecule has 0 atom stereocenters. The smallest absolute Gasteiger partial charge is 0.358 e. The van der Waals surface area contributed by atoms with Crippen LogP contribution in [0.4, 0.5) is 13.2 Å². The lowest BCUT2D eigenvalue weighted by Gasteiger charge is -2.10. The fraction of sp³-hybridized carbons (Fsp3) is 0.238. The molecule has 2 N–H and O–H groups in total. The molecule has 4 nitrogen and oxygen atoms in total. The maximum atomic E-state index is 12.7. The Labute approximate surface area is 159 Å². The normalized spacial score (nSPS) is 14.4. The highest BCUT2D eigenvalue weighted by Crippen LogP contribution is 2.30. The van der Waals surface area contributed by atoms with Crippen molar-refractivity contribution >= 4 is 23.0 Å². The number of aromatic nitrogens is 1. The van der Waals surface area contributed by atoms with Crippen molar-refractivity contribution in [1.82, 2.24) is 10.4 Å². The van der Waals surface area contributed by atoms with Gasteiger partial charge in [0.1, 0.15) is 0 Å². The summed E-state index contributed by atoms with van der Waals surface area (Å²) in [4.78, 5) is 15.8. The summed E-state index contributed by atoms with van der Waals surface area (Å²) in [5.74, 6) is -0.407. The quantitative estimate of drug-likeness (QED) is 0.492. The number of rotatable bonds is 3. The Kier molecular flexibility index (Phi) is 4.66. The first-order chi connectivity index (χ1) is 13.4. The van der Waals surface area contributed by atoms with Crippen LogP contribution in [0.1, 0.15) is 45.6 Å². The van der Waals surface area contributed by atoms with Crippen molar-refractivity contribution in [1.29, 1.82) is 0 Å². The van der Waals surface area contributed by atoms with Crippen molar-refractivity contribution in [2.45, 2.75) is 31.9 Å². The topological polar surface area (TPSA) is 57.2 Å². The molecule has 0 spiro atoms. The van der Waals surface area contributed by atoms with Gasteiger partial charge in [0.25, 0.3) is 5.91 Å². The van der Waals surface area contributed by atoms with Gasteiger partial charge in [-0.15, -0.1) is 0 Å². The molecule has 0 saturated heterocycles. The zero-order valence-electron chi connectivity index (χ0n) is 14.9. The Bertz CT molecular complexity index is 1070. The average molecular weight is 385 g/mol. The lowest BCUT2D eigenvalue weighted by atomic mass is 9.95. The Morgan fingerprint density at radius 2 is 1.93 bits per heavy atom. The first-order valence-electron chi connectivity index (χ1n) is 9.06. The second kappa shape index (κ2) is 7.14. The molecule has 0 bridgehead atoms. The van der Waals surface area contributed by atoms with Crippen molar-refractivity contribution in [2.75, 3.05) is 0 Å². The van der Waals surface area contributed by atoms with Gasteiger partial charge in [0.05, 0.1) is 11.8 Å². The molecule has 4 rings (SSSR count). The second-order valence-electron chi connectivity index (χ2n) is 6.87. The third kappa shape index (κ3) is 3.65. The summed E-state index contributed by atoms with van der Waals surface area (Å²) in [6.07, 6.45) is 1.10. The van der Waals surface area contributed by atoms with Crippen molar-refractivity contribution in [3.05, 3.63) is 70.4 Å². The van der Waals surface area contributed by atoms with Crippen LogP contribution < -0.4 is 5.43 Å². The predicted octanol–water partition coefficient (Wildman–Crippen LogP) is 4.83. The van der Waals surface area contributed by atoms with Crippen LogP contribution in [0.15, 0.2) is 47.6 Å². The second-order valence-corrected chi connectivity index (χ2v) is 6.87. The largest absolute Gasteiger partial charge is 0.416 e. The molecule has 0 fully saturated rings. The van der Waals surface area contributed by atoms with Gasteiger partial charge < -0.3 is 4.98 Å². The van der Waals surface area contributed by atoms with Crippen LogP contribution in [0, 0.1) is 0 Å². The van der Waals surface area contributed by atoms with Crippen LogP contribution in [-0.4, -0.2) is 17.1 Å². The third-order valence-electron chi connectivity index (χ3n) is 4.95. The van der Waals surface area contributed by atoms with Gasteiger partial charge in [-0.2, -0.15) is 18.3 Å². The summed E-state index contributed by atoms with van der Waals surface area (Å²) in [6.45, 7) is 0. The van der Waals surface area contributed by atoms with Gasteiger partial charge in [-0.05, 0) is 67.1 Å². The number of halogens is 3. The molecule has 0 saturated carbocycles. The van der Waals surface area contributed by atoms with E-state index in [9.17, 15) is 18.0 Å². The number of carbonyl (C=O) groups excluding carboxylic acids is 1. The SMILES string of the molecule is O=C(N/N=C\c1cccc(C(F)(F)F)c1)c1ccc2[nH]c3c(c2c1)CCCC3. The number of amides is 1. The highest BCUT2D eigenvalue weighted by atomic mass is 19.4. The van der Waals surface area contributed by atoms with E-state index in [-0.39, 0.29) is 5.56 Å². The van der Waals surface area contributed by atoms with E-state index in [1.54, 1.807) is 6.07 Å². The Morgan fingerprint density at radius 1 is 1.11 bits per heavy atom. The fourth-order valence-corrected chi connectivity index (χ4v) is 3.57. The Balaban J connectivity index is 1.50. The van der Waals surface area contributed by atoms with Gasteiger partial charge in [0.15, 0.2) is 0 Å². The van der Waals surface area contributed by atoms with Gasteiger partial charge in [-0.25, -0.2) is 5.43 Å². The van der Waals surface area contributed by atoms with Crippen molar-refractivity contribution in [2.24, 2.45) is 5.10 Å². The standard InChI is InChI=1S/C21H18F3N3O/c22-21(23,24)15-5-3-4-13(10-15)12-25-27-20(28)14-8-9-19-17(11-14)16-6-1-2-7-18(16)26-19/h3-5,8-12,26H,1-2,6-7H2,(H,27,28)/b25-12-. The van der Waals surface area contributed by atoms with E-state index in [0.717, 1.165) is 48.7 Å². The van der Waals surface area contributed by atoms with E-state index >= 15 is 0 Å². The molecular formula is C21H18F3N3O. The molecule has 1 aliphatic rings. The molecule has 3 aromatic rings. The number of benzene rings is 2. The van der Waals surface area contributed by atoms with Gasteiger partial charge in [-0.1, -0.05) is 12.1 Å². The van der Waals surface area contributed by atoms with Crippen LogP contribution in [0.25, 0.3) is 10.9 Å². The third-order valence-corrected chi connectivity index (χ3v) is 4.95. The highest BCUT2D eigenvalue weighted by molar-refractivity contribution is 5.99. The van der Waals surface area contributed by atoms with Crippen molar-refractivity contribution < 1.29 is 18.0 Å². The van der Waals surface area contributed by atoms with Crippen LogP contribution >= 0.6 is 0 Å². The van der Waals surface area contributed by atoms with E-state index in [1.165, 1.54) is 29.6 Å². The molecule has 1 amide bonds. The van der Waals surface area contributed by atoms with Gasteiger partial charge in [0.2, 0.25) is 0 Å². The van der Waals surface area contributed by atoms with E-state index in [4.69, 9.17) is 0 Å². The van der Waals surface area contributed by atoms with Gasteiger partial charge in [0, 0.05) is 22.2 Å². The number of H-pyrrole nitrogens is 1. The minimum absolute atomic E-state index is 0.255. The number of fused-ring (bicyclic) bond motifs is 3. The molecule has 144 valence electrons. The van der Waals surface area contributed by atoms with Crippen LogP contribution in [-0.2, 0) is 19.0 Å². The number of carbonyl (C=O) groups is 1. The number of hydrogen-bond acceptors (Lipinski definition) is 2. The Morgan fingerprint density at radius 3 is 2.75 bits per heavy atom. The zero-order valence-corrected chi connectivity index (χ0v) is 14.9. The van der Waals surface area contributed by atoms with E-state index < -0.39 is 17.6 Å². The molecule has 1 heterocycles. The highest BCUT2D eigenvalue weighted by Gasteiger charge is 2.30. The van der Waals surface area contributed by atoms with Gasteiger partial charge in [-0.3, -0.25) is 4.79 Å². The molecule has 1 aliphatic carbocycles. The van der Waals surface area contributed by atoms with Crippen LogP contribution in [0.3, 0.4) is 0 Å². The number of nitrogens with one attached hydrogen (secondary N) is 2. The summed E-state index contributed by atoms with van der Waals surface area (Å²) in [5.41, 5.74) is 5.85. The summed E-state index contributed by atoms with van der Waals surface area (Å²) < 4.78 is 38.2.